The highest BCUT2D eigenvalue weighted by Crippen LogP contribution is 2.71. The Morgan fingerprint density at radius 2 is 1.62 bits per heavy atom. The lowest BCUT2D eigenvalue weighted by atomic mass is 9.83. The fourth-order valence-corrected chi connectivity index (χ4v) is 5.65. The second-order valence-corrected chi connectivity index (χ2v) is 8.74. The molecule has 2 unspecified atom stereocenters. The van der Waals surface area contributed by atoms with Crippen LogP contribution in [0.5, 0.6) is 0 Å². The molecule has 1 rings (SSSR count). The van der Waals surface area contributed by atoms with Gasteiger partial charge in [-0.2, -0.15) is 0 Å². The second-order valence-electron chi connectivity index (χ2n) is 4.98. The second kappa shape index (κ2) is 6.47. The Morgan fingerprint density at radius 1 is 1.10 bits per heavy atom. The summed E-state index contributed by atoms with van der Waals surface area (Å²) in [6, 6.07) is 0. The van der Waals surface area contributed by atoms with Gasteiger partial charge in [-0.15, -0.1) is 0 Å². The monoisotopic (exact) mass is 340 g/mol. The van der Waals surface area contributed by atoms with E-state index in [0.717, 1.165) is 0 Å². The first-order valence-electron chi connectivity index (χ1n) is 6.36. The molecule has 0 aromatic carbocycles. The molecule has 9 heteroatoms. The van der Waals surface area contributed by atoms with Gasteiger partial charge in [0.2, 0.25) is 5.34 Å². The largest absolute Gasteiger partial charge is 0.473 e. The summed E-state index contributed by atoms with van der Waals surface area (Å²) in [5.74, 6) is 0. The summed E-state index contributed by atoms with van der Waals surface area (Å²) in [5.41, 5.74) is -0.932. The standard InChI is InChI=1S/C12H22O7P2/c1-6-18-21(14,15)19-12(20(13,16-4)17-5)10-8-7-9-11(12,2)3/h7-10H,6H2,1-5H3,(H,14,15). The first kappa shape index (κ1) is 18.8. The molecule has 0 amide bonds. The summed E-state index contributed by atoms with van der Waals surface area (Å²) in [6.07, 6.45) is 6.38. The third kappa shape index (κ3) is 3.40. The molecule has 7 nitrogen and oxygen atoms in total. The van der Waals surface area contributed by atoms with E-state index < -0.39 is 26.2 Å². The molecular formula is C12H22O7P2. The molecular weight excluding hydrogens is 318 g/mol. The van der Waals surface area contributed by atoms with Crippen molar-refractivity contribution in [1.82, 2.24) is 0 Å². The summed E-state index contributed by atoms with van der Waals surface area (Å²) < 4.78 is 45.1. The summed E-state index contributed by atoms with van der Waals surface area (Å²) in [5, 5.41) is -1.78. The van der Waals surface area contributed by atoms with Crippen LogP contribution in [0, 0.1) is 5.41 Å². The molecule has 0 aliphatic heterocycles. The van der Waals surface area contributed by atoms with E-state index in [1.807, 2.05) is 0 Å². The van der Waals surface area contributed by atoms with Crippen molar-refractivity contribution in [2.24, 2.45) is 5.41 Å². The number of hydrogen-bond donors (Lipinski definition) is 1. The van der Waals surface area contributed by atoms with Gasteiger partial charge in [0.15, 0.2) is 0 Å². The highest BCUT2D eigenvalue weighted by Gasteiger charge is 2.62. The van der Waals surface area contributed by atoms with E-state index in [1.165, 1.54) is 20.3 Å². The zero-order chi connectivity index (χ0) is 16.4. The van der Waals surface area contributed by atoms with Crippen molar-refractivity contribution in [2.75, 3.05) is 20.8 Å². The topological polar surface area (TPSA) is 91.3 Å². The van der Waals surface area contributed by atoms with Gasteiger partial charge >= 0.3 is 15.4 Å². The van der Waals surface area contributed by atoms with E-state index >= 15 is 0 Å². The lowest BCUT2D eigenvalue weighted by molar-refractivity contribution is 0.0266. The molecule has 1 aliphatic rings. The molecule has 0 spiro atoms. The van der Waals surface area contributed by atoms with Crippen LogP contribution in [-0.4, -0.2) is 31.1 Å². The van der Waals surface area contributed by atoms with Gasteiger partial charge in [0, 0.05) is 19.6 Å². The van der Waals surface area contributed by atoms with E-state index in [0.29, 0.717) is 0 Å². The first-order valence-corrected chi connectivity index (χ1v) is 9.40. The van der Waals surface area contributed by atoms with E-state index in [9.17, 15) is 14.0 Å². The Kier molecular flexibility index (Phi) is 5.79. The highest BCUT2D eigenvalue weighted by atomic mass is 31.2. The Morgan fingerprint density at radius 3 is 2.05 bits per heavy atom. The minimum Gasteiger partial charge on any atom is -0.310 e. The van der Waals surface area contributed by atoms with Crippen LogP contribution in [0.4, 0.5) is 0 Å². The maximum Gasteiger partial charge on any atom is 0.473 e. The number of allylic oxidation sites excluding steroid dienone is 2. The van der Waals surface area contributed by atoms with Gasteiger partial charge in [-0.3, -0.25) is 13.6 Å². The number of hydrogen-bond acceptors (Lipinski definition) is 6. The summed E-state index contributed by atoms with van der Waals surface area (Å²) in [6.45, 7) is 4.91. The van der Waals surface area contributed by atoms with Crippen molar-refractivity contribution in [3.8, 4) is 0 Å². The normalized spacial score (nSPS) is 27.5. The Labute approximate surface area is 125 Å². The highest BCUT2D eigenvalue weighted by molar-refractivity contribution is 7.57. The molecule has 0 saturated carbocycles. The van der Waals surface area contributed by atoms with E-state index in [-0.39, 0.29) is 6.61 Å². The van der Waals surface area contributed by atoms with Crippen LogP contribution in [0.25, 0.3) is 0 Å². The quantitative estimate of drug-likeness (QED) is 0.709. The van der Waals surface area contributed by atoms with Gasteiger partial charge in [-0.25, -0.2) is 4.57 Å². The predicted octanol–water partition coefficient (Wildman–Crippen LogP) is 3.47. The minimum atomic E-state index is -4.45. The molecule has 0 bridgehead atoms. The number of rotatable bonds is 7. The van der Waals surface area contributed by atoms with Gasteiger partial charge in [0.25, 0.3) is 0 Å². The molecule has 0 saturated heterocycles. The van der Waals surface area contributed by atoms with Gasteiger partial charge in [0.1, 0.15) is 0 Å². The van der Waals surface area contributed by atoms with Crippen LogP contribution in [-0.2, 0) is 27.2 Å². The third-order valence-corrected chi connectivity index (χ3v) is 7.14. The van der Waals surface area contributed by atoms with Crippen LogP contribution >= 0.6 is 15.4 Å². The first-order chi connectivity index (χ1) is 9.60. The smallest absolute Gasteiger partial charge is 0.310 e. The summed E-state index contributed by atoms with van der Waals surface area (Å²) in [7, 11) is -5.96. The average Bonchev–Trinajstić information content (AvgIpc) is 2.39. The summed E-state index contributed by atoms with van der Waals surface area (Å²) >= 11 is 0. The molecule has 0 heterocycles. The Hall–Kier alpha value is -0.260. The van der Waals surface area contributed by atoms with Gasteiger partial charge in [0.05, 0.1) is 6.61 Å². The zero-order valence-electron chi connectivity index (χ0n) is 12.8. The molecule has 21 heavy (non-hydrogen) atoms. The maximum atomic E-state index is 13.0. The molecule has 0 aromatic rings. The van der Waals surface area contributed by atoms with Gasteiger partial charge in [-0.05, 0) is 13.0 Å². The zero-order valence-corrected chi connectivity index (χ0v) is 14.6. The molecule has 122 valence electrons. The van der Waals surface area contributed by atoms with Crippen molar-refractivity contribution in [3.63, 3.8) is 0 Å². The lowest BCUT2D eigenvalue weighted by Gasteiger charge is -2.46. The number of phosphoric acid groups is 1. The van der Waals surface area contributed by atoms with Crippen molar-refractivity contribution >= 4 is 15.4 Å². The molecule has 0 fully saturated rings. The Balaban J connectivity index is 3.45. The van der Waals surface area contributed by atoms with Crippen LogP contribution in [0.15, 0.2) is 24.3 Å². The molecule has 0 radical (unpaired) electrons. The average molecular weight is 340 g/mol. The van der Waals surface area contributed by atoms with Crippen molar-refractivity contribution in [3.05, 3.63) is 24.3 Å². The minimum absolute atomic E-state index is 0.0336. The Bertz CT molecular complexity index is 518. The molecule has 1 N–H and O–H groups in total. The summed E-state index contributed by atoms with van der Waals surface area (Å²) in [4.78, 5) is 9.84. The lowest BCUT2D eigenvalue weighted by Crippen LogP contribution is -2.45. The molecule has 0 aromatic heterocycles. The maximum absolute atomic E-state index is 13.0. The van der Waals surface area contributed by atoms with Crippen LogP contribution in [0.1, 0.15) is 20.8 Å². The van der Waals surface area contributed by atoms with Crippen LogP contribution < -0.4 is 0 Å². The van der Waals surface area contributed by atoms with Gasteiger partial charge < -0.3 is 13.9 Å². The number of phosphoric ester groups is 1. The van der Waals surface area contributed by atoms with Crippen LogP contribution in [0.3, 0.4) is 0 Å². The van der Waals surface area contributed by atoms with Crippen molar-refractivity contribution < 1.29 is 32.1 Å². The van der Waals surface area contributed by atoms with Gasteiger partial charge in [-0.1, -0.05) is 32.1 Å². The van der Waals surface area contributed by atoms with E-state index in [2.05, 4.69) is 0 Å². The van der Waals surface area contributed by atoms with Crippen molar-refractivity contribution in [1.29, 1.82) is 0 Å². The molecule has 2 atom stereocenters. The van der Waals surface area contributed by atoms with Crippen LogP contribution in [0.2, 0.25) is 0 Å². The predicted molar refractivity (Wildman–Crippen MR) is 79.0 cm³/mol. The van der Waals surface area contributed by atoms with Crippen molar-refractivity contribution in [2.45, 2.75) is 26.1 Å². The third-order valence-electron chi connectivity index (χ3n) is 3.30. The fourth-order valence-electron chi connectivity index (χ4n) is 2.17. The fraction of sp³-hybridized carbons (Fsp3) is 0.667. The van der Waals surface area contributed by atoms with E-state index in [4.69, 9.17) is 18.1 Å². The molecule has 1 aliphatic carbocycles. The van der Waals surface area contributed by atoms with E-state index in [1.54, 1.807) is 39.0 Å². The SMILES string of the molecule is CCOP(=O)(O)OC1(P(=O)(OC)OC)C=CC=CC1(C)C.